The van der Waals surface area contributed by atoms with E-state index < -0.39 is 0 Å². The van der Waals surface area contributed by atoms with Crippen LogP contribution in [0.4, 0.5) is 0 Å². The van der Waals surface area contributed by atoms with Crippen LogP contribution >= 0.6 is 11.3 Å². The molecule has 0 bridgehead atoms. The summed E-state index contributed by atoms with van der Waals surface area (Å²) in [6, 6.07) is 2.91. The molecule has 1 atom stereocenters. The van der Waals surface area contributed by atoms with Gasteiger partial charge in [0.15, 0.2) is 0 Å². The Bertz CT molecular complexity index is 650. The summed E-state index contributed by atoms with van der Waals surface area (Å²) < 4.78 is 0. The number of nitrogens with zero attached hydrogens (tertiary/aromatic N) is 4. The van der Waals surface area contributed by atoms with Gasteiger partial charge in [0, 0.05) is 22.8 Å². The SMILES string of the molecule is Cc1cc(-c2nc(C)cs2)nc([C@@H]2CCCCN2C(C)C)n1. The first-order valence-corrected chi connectivity index (χ1v) is 8.96. The van der Waals surface area contributed by atoms with Crippen LogP contribution < -0.4 is 0 Å². The fourth-order valence-electron chi connectivity index (χ4n) is 3.17. The van der Waals surface area contributed by atoms with Crippen molar-refractivity contribution in [2.45, 2.75) is 59.0 Å². The zero-order valence-electron chi connectivity index (χ0n) is 13.8. The van der Waals surface area contributed by atoms with Crippen molar-refractivity contribution in [3.63, 3.8) is 0 Å². The highest BCUT2D eigenvalue weighted by molar-refractivity contribution is 7.13. The molecule has 1 aliphatic heterocycles. The van der Waals surface area contributed by atoms with Gasteiger partial charge in [-0.25, -0.2) is 15.0 Å². The van der Waals surface area contributed by atoms with Crippen LogP contribution in [-0.4, -0.2) is 32.4 Å². The first-order valence-electron chi connectivity index (χ1n) is 8.08. The fraction of sp³-hybridized carbons (Fsp3) is 0.588. The molecule has 0 unspecified atom stereocenters. The maximum absolute atomic E-state index is 4.87. The van der Waals surface area contributed by atoms with Crippen LogP contribution in [0.25, 0.3) is 10.7 Å². The van der Waals surface area contributed by atoms with Crippen LogP contribution in [0.1, 0.15) is 56.4 Å². The van der Waals surface area contributed by atoms with Crippen molar-refractivity contribution in [2.24, 2.45) is 0 Å². The number of hydrogen-bond acceptors (Lipinski definition) is 5. The number of rotatable bonds is 3. The lowest BCUT2D eigenvalue weighted by molar-refractivity contribution is 0.106. The summed E-state index contributed by atoms with van der Waals surface area (Å²) in [5.74, 6) is 0.969. The van der Waals surface area contributed by atoms with E-state index in [9.17, 15) is 0 Å². The molecule has 22 heavy (non-hydrogen) atoms. The Morgan fingerprint density at radius 3 is 2.64 bits per heavy atom. The van der Waals surface area contributed by atoms with Gasteiger partial charge >= 0.3 is 0 Å². The Morgan fingerprint density at radius 2 is 1.95 bits per heavy atom. The number of piperidine rings is 1. The molecule has 0 aliphatic carbocycles. The van der Waals surface area contributed by atoms with E-state index in [1.807, 2.05) is 13.0 Å². The minimum absolute atomic E-state index is 0.341. The van der Waals surface area contributed by atoms with Crippen molar-refractivity contribution in [3.05, 3.63) is 28.7 Å². The summed E-state index contributed by atoms with van der Waals surface area (Å²) in [6.07, 6.45) is 3.69. The van der Waals surface area contributed by atoms with Crippen molar-refractivity contribution in [2.75, 3.05) is 6.54 Å². The summed E-state index contributed by atoms with van der Waals surface area (Å²) in [5.41, 5.74) is 3.05. The second kappa shape index (κ2) is 6.42. The van der Waals surface area contributed by atoms with E-state index in [-0.39, 0.29) is 0 Å². The monoisotopic (exact) mass is 316 g/mol. The maximum atomic E-state index is 4.87. The molecule has 0 radical (unpaired) electrons. The zero-order valence-corrected chi connectivity index (χ0v) is 14.7. The first-order chi connectivity index (χ1) is 10.5. The summed E-state index contributed by atoms with van der Waals surface area (Å²) in [5, 5.41) is 3.07. The van der Waals surface area contributed by atoms with E-state index in [0.717, 1.165) is 40.9 Å². The van der Waals surface area contributed by atoms with Crippen molar-refractivity contribution < 1.29 is 0 Å². The molecule has 0 amide bonds. The molecule has 4 nitrogen and oxygen atoms in total. The quantitative estimate of drug-likeness (QED) is 0.853. The predicted molar refractivity (Wildman–Crippen MR) is 91.0 cm³/mol. The number of aryl methyl sites for hydroxylation is 2. The van der Waals surface area contributed by atoms with E-state index >= 15 is 0 Å². The molecular weight excluding hydrogens is 292 g/mol. The molecule has 1 aliphatic rings. The van der Waals surface area contributed by atoms with Crippen molar-refractivity contribution >= 4 is 11.3 Å². The second-order valence-corrected chi connectivity index (χ2v) is 7.25. The Kier molecular flexibility index (Phi) is 4.54. The number of hydrogen-bond donors (Lipinski definition) is 0. The molecule has 2 aromatic heterocycles. The van der Waals surface area contributed by atoms with Crippen LogP contribution in [-0.2, 0) is 0 Å². The summed E-state index contributed by atoms with van der Waals surface area (Å²) in [4.78, 5) is 16.7. The molecule has 0 spiro atoms. The molecule has 1 saturated heterocycles. The van der Waals surface area contributed by atoms with E-state index in [1.54, 1.807) is 11.3 Å². The van der Waals surface area contributed by atoms with E-state index in [4.69, 9.17) is 9.97 Å². The molecule has 1 fully saturated rings. The molecule has 118 valence electrons. The Labute approximate surface area is 136 Å². The van der Waals surface area contributed by atoms with Crippen LogP contribution in [0.3, 0.4) is 0 Å². The second-order valence-electron chi connectivity index (χ2n) is 6.39. The van der Waals surface area contributed by atoms with Gasteiger partial charge < -0.3 is 0 Å². The third-order valence-electron chi connectivity index (χ3n) is 4.22. The van der Waals surface area contributed by atoms with Crippen molar-refractivity contribution in [3.8, 4) is 10.7 Å². The van der Waals surface area contributed by atoms with Gasteiger partial charge in [0.25, 0.3) is 0 Å². The highest BCUT2D eigenvalue weighted by Crippen LogP contribution is 2.32. The third-order valence-corrected chi connectivity index (χ3v) is 5.20. The van der Waals surface area contributed by atoms with Crippen LogP contribution in [0, 0.1) is 13.8 Å². The van der Waals surface area contributed by atoms with E-state index in [2.05, 4.69) is 36.0 Å². The van der Waals surface area contributed by atoms with Gasteiger partial charge in [-0.15, -0.1) is 11.3 Å². The molecule has 2 aromatic rings. The Morgan fingerprint density at radius 1 is 1.14 bits per heavy atom. The van der Waals surface area contributed by atoms with Gasteiger partial charge in [0.2, 0.25) is 0 Å². The molecule has 3 heterocycles. The predicted octanol–water partition coefficient (Wildman–Crippen LogP) is 4.15. The first kappa shape index (κ1) is 15.6. The molecular formula is C17H24N4S. The van der Waals surface area contributed by atoms with Gasteiger partial charge in [-0.3, -0.25) is 4.90 Å². The smallest absolute Gasteiger partial charge is 0.146 e. The van der Waals surface area contributed by atoms with Crippen LogP contribution in [0.2, 0.25) is 0 Å². The topological polar surface area (TPSA) is 41.9 Å². The van der Waals surface area contributed by atoms with Crippen LogP contribution in [0.5, 0.6) is 0 Å². The van der Waals surface area contributed by atoms with Gasteiger partial charge in [-0.05, 0) is 53.1 Å². The molecule has 3 rings (SSSR count). The summed E-state index contributed by atoms with van der Waals surface area (Å²) in [7, 11) is 0. The lowest BCUT2D eigenvalue weighted by Crippen LogP contribution is -2.39. The lowest BCUT2D eigenvalue weighted by atomic mass is 9.99. The van der Waals surface area contributed by atoms with E-state index in [0.29, 0.717) is 12.1 Å². The molecule has 0 aromatic carbocycles. The molecule has 0 N–H and O–H groups in total. The standard InChI is InChI=1S/C17H24N4S/c1-11(2)21-8-6-5-7-15(21)16-18-12(3)9-14(20-16)17-19-13(4)10-22-17/h9-11,15H,5-8H2,1-4H3/t15-/m0/s1. The van der Waals surface area contributed by atoms with E-state index in [1.165, 1.54) is 12.8 Å². The number of likely N-dealkylation sites (tertiary alicyclic amines) is 1. The normalized spacial score (nSPS) is 19.8. The highest BCUT2D eigenvalue weighted by Gasteiger charge is 2.28. The number of thiazole rings is 1. The zero-order chi connectivity index (χ0) is 15.7. The lowest BCUT2D eigenvalue weighted by Gasteiger charge is -2.37. The Balaban J connectivity index is 1.98. The Hall–Kier alpha value is -1.33. The van der Waals surface area contributed by atoms with Gasteiger partial charge in [-0.1, -0.05) is 6.42 Å². The van der Waals surface area contributed by atoms with Gasteiger partial charge in [0.1, 0.15) is 16.5 Å². The largest absolute Gasteiger partial charge is 0.291 e. The van der Waals surface area contributed by atoms with Crippen molar-refractivity contribution in [1.82, 2.24) is 19.9 Å². The fourth-order valence-corrected chi connectivity index (χ4v) is 3.93. The number of aromatic nitrogens is 3. The molecule has 0 saturated carbocycles. The highest BCUT2D eigenvalue weighted by atomic mass is 32.1. The summed E-state index contributed by atoms with van der Waals surface area (Å²) >= 11 is 1.66. The van der Waals surface area contributed by atoms with Gasteiger partial charge in [-0.2, -0.15) is 0 Å². The minimum atomic E-state index is 0.341. The average Bonchev–Trinajstić information content (AvgIpc) is 2.93. The van der Waals surface area contributed by atoms with Gasteiger partial charge in [0.05, 0.1) is 6.04 Å². The minimum Gasteiger partial charge on any atom is -0.291 e. The summed E-state index contributed by atoms with van der Waals surface area (Å²) in [6.45, 7) is 9.75. The molecule has 5 heteroatoms. The average molecular weight is 316 g/mol. The van der Waals surface area contributed by atoms with Crippen molar-refractivity contribution in [1.29, 1.82) is 0 Å². The van der Waals surface area contributed by atoms with Crippen LogP contribution in [0.15, 0.2) is 11.4 Å². The third kappa shape index (κ3) is 3.20. The maximum Gasteiger partial charge on any atom is 0.146 e.